The third kappa shape index (κ3) is 2.61. The highest BCUT2D eigenvalue weighted by atomic mass is 16.3. The van der Waals surface area contributed by atoms with Crippen LogP contribution in [-0.4, -0.2) is 17.6 Å². The first kappa shape index (κ1) is 11.1. The fourth-order valence-electron chi connectivity index (χ4n) is 1.74. The molecule has 0 atom stereocenters. The van der Waals surface area contributed by atoms with E-state index in [1.54, 1.807) is 0 Å². The summed E-state index contributed by atoms with van der Waals surface area (Å²) < 4.78 is 5.50. The number of nitrogens with one attached hydrogen (secondary N) is 1. The lowest BCUT2D eigenvalue weighted by molar-refractivity contribution is 0.560. The van der Waals surface area contributed by atoms with Gasteiger partial charge in [-0.25, -0.2) is 4.98 Å². The van der Waals surface area contributed by atoms with E-state index in [9.17, 15) is 0 Å². The fraction of sp³-hybridized carbons (Fsp3) is 0.462. The van der Waals surface area contributed by atoms with Crippen molar-refractivity contribution in [3.05, 3.63) is 29.7 Å². The smallest absolute Gasteiger partial charge is 0.192 e. The molecule has 0 spiro atoms. The van der Waals surface area contributed by atoms with Crippen molar-refractivity contribution < 1.29 is 4.42 Å². The summed E-state index contributed by atoms with van der Waals surface area (Å²) in [5.41, 5.74) is 3.12. The van der Waals surface area contributed by atoms with E-state index >= 15 is 0 Å². The normalized spacial score (nSPS) is 11.5. The number of oxazole rings is 1. The molecule has 0 unspecified atom stereocenters. The maximum Gasteiger partial charge on any atom is 0.192 e. The first-order valence-corrected chi connectivity index (χ1v) is 5.74. The van der Waals surface area contributed by atoms with E-state index in [0.29, 0.717) is 6.04 Å². The molecule has 3 nitrogen and oxygen atoms in total. The Morgan fingerprint density at radius 1 is 1.38 bits per heavy atom. The lowest BCUT2D eigenvalue weighted by Crippen LogP contribution is -2.24. The van der Waals surface area contributed by atoms with Gasteiger partial charge in [-0.3, -0.25) is 0 Å². The molecule has 3 heteroatoms. The zero-order chi connectivity index (χ0) is 11.5. The molecule has 0 aliphatic heterocycles. The third-order valence-electron chi connectivity index (χ3n) is 2.53. The Kier molecular flexibility index (Phi) is 3.25. The minimum atomic E-state index is 0.538. The summed E-state index contributed by atoms with van der Waals surface area (Å²) in [5.74, 6) is 0.729. The number of nitrogens with zero attached hydrogens (tertiary/aromatic N) is 1. The van der Waals surface area contributed by atoms with Gasteiger partial charge in [0.15, 0.2) is 11.5 Å². The quantitative estimate of drug-likeness (QED) is 0.857. The first-order chi connectivity index (χ1) is 7.65. The lowest BCUT2D eigenvalue weighted by Gasteiger charge is -2.07. The van der Waals surface area contributed by atoms with Crippen LogP contribution in [0.4, 0.5) is 0 Å². The molecular formula is C13H18N2O. The average molecular weight is 218 g/mol. The van der Waals surface area contributed by atoms with E-state index in [-0.39, 0.29) is 0 Å². The molecule has 1 heterocycles. The molecule has 0 saturated carbocycles. The van der Waals surface area contributed by atoms with Crippen LogP contribution in [0.15, 0.2) is 22.6 Å². The van der Waals surface area contributed by atoms with Crippen LogP contribution in [0.2, 0.25) is 0 Å². The van der Waals surface area contributed by atoms with Crippen molar-refractivity contribution in [2.45, 2.75) is 33.2 Å². The Hall–Kier alpha value is -1.35. The van der Waals surface area contributed by atoms with Crippen molar-refractivity contribution in [3.8, 4) is 0 Å². The zero-order valence-electron chi connectivity index (χ0n) is 10.1. The molecule has 2 rings (SSSR count). The molecule has 1 N–H and O–H groups in total. The summed E-state index contributed by atoms with van der Waals surface area (Å²) >= 11 is 0. The van der Waals surface area contributed by atoms with Gasteiger partial charge in [0, 0.05) is 13.0 Å². The van der Waals surface area contributed by atoms with Crippen LogP contribution in [0.5, 0.6) is 0 Å². The van der Waals surface area contributed by atoms with E-state index in [1.807, 2.05) is 13.0 Å². The summed E-state index contributed by atoms with van der Waals surface area (Å²) in [7, 11) is 0. The second-order valence-corrected chi connectivity index (χ2v) is 4.39. The largest absolute Gasteiger partial charge is 0.441 e. The van der Waals surface area contributed by atoms with Crippen molar-refractivity contribution in [2.75, 3.05) is 6.54 Å². The van der Waals surface area contributed by atoms with Crippen molar-refractivity contribution >= 4 is 11.1 Å². The highest BCUT2D eigenvalue weighted by Gasteiger charge is 2.03. The summed E-state index contributed by atoms with van der Waals surface area (Å²) in [6.07, 6.45) is 1.02. The zero-order valence-corrected chi connectivity index (χ0v) is 10.1. The van der Waals surface area contributed by atoms with Gasteiger partial charge in [0.2, 0.25) is 0 Å². The van der Waals surface area contributed by atoms with Crippen LogP contribution in [0.25, 0.3) is 11.1 Å². The van der Waals surface area contributed by atoms with Gasteiger partial charge >= 0.3 is 0 Å². The van der Waals surface area contributed by atoms with E-state index < -0.39 is 0 Å². The minimum absolute atomic E-state index is 0.538. The molecule has 0 aliphatic carbocycles. The molecule has 16 heavy (non-hydrogen) atoms. The molecular weight excluding hydrogens is 200 g/mol. The van der Waals surface area contributed by atoms with E-state index in [4.69, 9.17) is 4.42 Å². The van der Waals surface area contributed by atoms with Crippen LogP contribution < -0.4 is 5.32 Å². The minimum Gasteiger partial charge on any atom is -0.441 e. The van der Waals surface area contributed by atoms with Crippen molar-refractivity contribution in [1.82, 2.24) is 10.3 Å². The number of fused-ring (bicyclic) bond motifs is 1. The summed E-state index contributed by atoms with van der Waals surface area (Å²) in [5, 5.41) is 3.40. The van der Waals surface area contributed by atoms with Gasteiger partial charge in [0.25, 0.3) is 0 Å². The SMILES string of the molecule is Cc1nc2ccc(CCNC(C)C)cc2o1. The van der Waals surface area contributed by atoms with Gasteiger partial charge in [-0.15, -0.1) is 0 Å². The Labute approximate surface area is 95.9 Å². The molecule has 1 aromatic carbocycles. The van der Waals surface area contributed by atoms with Crippen molar-refractivity contribution in [1.29, 1.82) is 0 Å². The molecule has 0 bridgehead atoms. The Bertz CT molecular complexity index is 474. The van der Waals surface area contributed by atoms with Gasteiger partial charge in [-0.2, -0.15) is 0 Å². The number of benzene rings is 1. The fourth-order valence-corrected chi connectivity index (χ4v) is 1.74. The van der Waals surface area contributed by atoms with Gasteiger partial charge in [-0.05, 0) is 30.7 Å². The topological polar surface area (TPSA) is 38.1 Å². The molecule has 2 aromatic rings. The second kappa shape index (κ2) is 4.66. The predicted molar refractivity (Wildman–Crippen MR) is 65.6 cm³/mol. The van der Waals surface area contributed by atoms with Crippen LogP contribution in [0, 0.1) is 6.92 Å². The maximum absolute atomic E-state index is 5.50. The number of aromatic nitrogens is 1. The van der Waals surface area contributed by atoms with E-state index in [1.165, 1.54) is 5.56 Å². The molecule has 0 amide bonds. The summed E-state index contributed by atoms with van der Waals surface area (Å²) in [4.78, 5) is 4.28. The highest BCUT2D eigenvalue weighted by molar-refractivity contribution is 5.73. The summed E-state index contributed by atoms with van der Waals surface area (Å²) in [6, 6.07) is 6.76. The van der Waals surface area contributed by atoms with Crippen molar-refractivity contribution in [2.24, 2.45) is 0 Å². The second-order valence-electron chi connectivity index (χ2n) is 4.39. The Balaban J connectivity index is 2.07. The van der Waals surface area contributed by atoms with Gasteiger partial charge in [-0.1, -0.05) is 19.9 Å². The molecule has 86 valence electrons. The highest BCUT2D eigenvalue weighted by Crippen LogP contribution is 2.16. The first-order valence-electron chi connectivity index (χ1n) is 5.74. The lowest BCUT2D eigenvalue weighted by atomic mass is 10.1. The molecule has 0 saturated heterocycles. The Morgan fingerprint density at radius 2 is 2.19 bits per heavy atom. The number of rotatable bonds is 4. The van der Waals surface area contributed by atoms with Crippen LogP contribution in [0.1, 0.15) is 25.3 Å². The third-order valence-corrected chi connectivity index (χ3v) is 2.53. The van der Waals surface area contributed by atoms with Gasteiger partial charge in [0.05, 0.1) is 0 Å². The number of hydrogen-bond donors (Lipinski definition) is 1. The number of aryl methyl sites for hydroxylation is 1. The number of hydrogen-bond acceptors (Lipinski definition) is 3. The van der Waals surface area contributed by atoms with Crippen LogP contribution >= 0.6 is 0 Å². The van der Waals surface area contributed by atoms with Crippen LogP contribution in [-0.2, 0) is 6.42 Å². The molecule has 1 aromatic heterocycles. The van der Waals surface area contributed by atoms with E-state index in [0.717, 1.165) is 30.0 Å². The van der Waals surface area contributed by atoms with Gasteiger partial charge < -0.3 is 9.73 Å². The van der Waals surface area contributed by atoms with Gasteiger partial charge in [0.1, 0.15) is 5.52 Å². The summed E-state index contributed by atoms with van der Waals surface area (Å²) in [6.45, 7) is 7.18. The maximum atomic E-state index is 5.50. The molecule has 0 aliphatic rings. The molecule has 0 fully saturated rings. The predicted octanol–water partition coefficient (Wildman–Crippen LogP) is 2.68. The van der Waals surface area contributed by atoms with Crippen molar-refractivity contribution in [3.63, 3.8) is 0 Å². The van der Waals surface area contributed by atoms with Crippen LogP contribution in [0.3, 0.4) is 0 Å². The Morgan fingerprint density at radius 3 is 2.94 bits per heavy atom. The standard InChI is InChI=1S/C13H18N2O/c1-9(2)14-7-6-11-4-5-12-13(8-11)16-10(3)15-12/h4-5,8-9,14H,6-7H2,1-3H3. The monoisotopic (exact) mass is 218 g/mol. The molecule has 0 radical (unpaired) electrons. The van der Waals surface area contributed by atoms with E-state index in [2.05, 4.69) is 36.3 Å². The average Bonchev–Trinajstić information content (AvgIpc) is 2.56.